The molecule has 1 aromatic carbocycles. The Bertz CT molecular complexity index is 308. The number of anilines is 1. The van der Waals surface area contributed by atoms with Crippen LogP contribution in [0.25, 0.3) is 0 Å². The van der Waals surface area contributed by atoms with Crippen LogP contribution in [0.5, 0.6) is 0 Å². The van der Waals surface area contributed by atoms with Crippen LogP contribution in [0, 0.1) is 0 Å². The molecule has 1 aliphatic heterocycles. The molecule has 68 valence electrons. The molecule has 1 heterocycles. The van der Waals surface area contributed by atoms with Crippen molar-refractivity contribution in [3.05, 3.63) is 28.8 Å². The smallest absolute Gasteiger partial charge is 0.0375 e. The lowest BCUT2D eigenvalue weighted by Gasteiger charge is -2.19. The van der Waals surface area contributed by atoms with Gasteiger partial charge in [-0.05, 0) is 54.9 Å². The molecule has 0 amide bonds. The number of hydrogen-bond acceptors (Lipinski definition) is 1. The van der Waals surface area contributed by atoms with Gasteiger partial charge in [-0.1, -0.05) is 6.07 Å². The van der Waals surface area contributed by atoms with Gasteiger partial charge in [-0.15, -0.1) is 0 Å². The summed E-state index contributed by atoms with van der Waals surface area (Å²) in [5.41, 5.74) is 6.16. The third kappa shape index (κ3) is 1.14. The lowest BCUT2D eigenvalue weighted by Crippen LogP contribution is -2.12. The van der Waals surface area contributed by atoms with Crippen LogP contribution in [-0.4, -0.2) is 6.54 Å². The summed E-state index contributed by atoms with van der Waals surface area (Å²) in [5.74, 6) is 0. The van der Waals surface area contributed by atoms with Gasteiger partial charge in [-0.3, -0.25) is 0 Å². The van der Waals surface area contributed by atoms with E-state index < -0.39 is 0 Å². The Kier molecular flexibility index (Phi) is 1.58. The van der Waals surface area contributed by atoms with Crippen molar-refractivity contribution in [2.24, 2.45) is 0 Å². The number of benzene rings is 1. The lowest BCUT2D eigenvalue weighted by atomic mass is 9.98. The van der Waals surface area contributed by atoms with Crippen molar-refractivity contribution < 1.29 is 0 Å². The fourth-order valence-electron chi connectivity index (χ4n) is 2.55. The highest BCUT2D eigenvalue weighted by Crippen LogP contribution is 2.30. The van der Waals surface area contributed by atoms with Gasteiger partial charge in [0.15, 0.2) is 0 Å². The van der Waals surface area contributed by atoms with Gasteiger partial charge in [0.2, 0.25) is 0 Å². The van der Waals surface area contributed by atoms with Gasteiger partial charge in [0.05, 0.1) is 0 Å². The average Bonchev–Trinajstić information content (AvgIpc) is 2.61. The van der Waals surface area contributed by atoms with E-state index in [1.54, 1.807) is 16.7 Å². The highest BCUT2D eigenvalue weighted by Gasteiger charge is 2.15. The average molecular weight is 173 g/mol. The van der Waals surface area contributed by atoms with Gasteiger partial charge in [0, 0.05) is 12.2 Å². The topological polar surface area (TPSA) is 12.0 Å². The summed E-state index contributed by atoms with van der Waals surface area (Å²) >= 11 is 0. The van der Waals surface area contributed by atoms with Crippen LogP contribution < -0.4 is 5.32 Å². The summed E-state index contributed by atoms with van der Waals surface area (Å²) in [6.07, 6.45) is 6.53. The SMILES string of the molecule is c1c2c(cc3c1CCCN3)CCC2. The fourth-order valence-corrected chi connectivity index (χ4v) is 2.55. The molecule has 13 heavy (non-hydrogen) atoms. The third-order valence-electron chi connectivity index (χ3n) is 3.26. The van der Waals surface area contributed by atoms with Gasteiger partial charge in [-0.25, -0.2) is 0 Å². The molecular weight excluding hydrogens is 158 g/mol. The minimum Gasteiger partial charge on any atom is -0.385 e. The lowest BCUT2D eigenvalue weighted by molar-refractivity contribution is 0.828. The van der Waals surface area contributed by atoms with Crippen LogP contribution in [0.1, 0.15) is 29.5 Å². The Balaban J connectivity index is 2.11. The number of hydrogen-bond donors (Lipinski definition) is 1. The largest absolute Gasteiger partial charge is 0.385 e. The van der Waals surface area contributed by atoms with E-state index in [0.717, 1.165) is 6.54 Å². The van der Waals surface area contributed by atoms with Gasteiger partial charge < -0.3 is 5.32 Å². The molecule has 0 saturated carbocycles. The second-order valence-corrected chi connectivity index (χ2v) is 4.16. The van der Waals surface area contributed by atoms with E-state index in [4.69, 9.17) is 0 Å². The van der Waals surface area contributed by atoms with Crippen LogP contribution in [0.4, 0.5) is 5.69 Å². The van der Waals surface area contributed by atoms with Crippen LogP contribution in [0.2, 0.25) is 0 Å². The summed E-state index contributed by atoms with van der Waals surface area (Å²) in [4.78, 5) is 0. The normalized spacial score (nSPS) is 19.1. The van der Waals surface area contributed by atoms with Crippen molar-refractivity contribution in [1.82, 2.24) is 0 Å². The molecule has 1 heteroatoms. The zero-order valence-corrected chi connectivity index (χ0v) is 7.90. The number of rotatable bonds is 0. The first-order valence-corrected chi connectivity index (χ1v) is 5.32. The zero-order valence-electron chi connectivity index (χ0n) is 7.90. The molecule has 0 aromatic heterocycles. The van der Waals surface area contributed by atoms with Crippen LogP contribution in [-0.2, 0) is 19.3 Å². The first-order chi connectivity index (χ1) is 6.43. The molecule has 0 radical (unpaired) electrons. The number of aryl methyl sites for hydroxylation is 3. The van der Waals surface area contributed by atoms with Crippen molar-refractivity contribution in [2.45, 2.75) is 32.1 Å². The summed E-state index contributed by atoms with van der Waals surface area (Å²) in [6, 6.07) is 4.82. The maximum absolute atomic E-state index is 3.49. The van der Waals surface area contributed by atoms with Crippen molar-refractivity contribution in [3.63, 3.8) is 0 Å². The Hall–Kier alpha value is -0.980. The van der Waals surface area contributed by atoms with E-state index in [1.807, 2.05) is 0 Å². The number of fused-ring (bicyclic) bond motifs is 2. The van der Waals surface area contributed by atoms with Crippen LogP contribution in [0.15, 0.2) is 12.1 Å². The standard InChI is InChI=1S/C12H15N/c1-3-9-7-11-5-2-6-13-12(11)8-10(9)4-1/h7-8,13H,1-6H2. The first-order valence-electron chi connectivity index (χ1n) is 5.32. The predicted octanol–water partition coefficient (Wildman–Crippen LogP) is 2.53. The highest BCUT2D eigenvalue weighted by molar-refractivity contribution is 5.58. The Morgan fingerprint density at radius 3 is 2.54 bits per heavy atom. The molecule has 1 N–H and O–H groups in total. The third-order valence-corrected chi connectivity index (χ3v) is 3.26. The number of nitrogens with one attached hydrogen (secondary N) is 1. The van der Waals surface area contributed by atoms with E-state index >= 15 is 0 Å². The summed E-state index contributed by atoms with van der Waals surface area (Å²) in [5, 5.41) is 3.49. The minimum absolute atomic E-state index is 1.16. The Labute approximate surface area is 79.2 Å². The summed E-state index contributed by atoms with van der Waals surface area (Å²) in [6.45, 7) is 1.16. The molecule has 1 aromatic rings. The maximum atomic E-state index is 3.49. The molecule has 0 atom stereocenters. The monoisotopic (exact) mass is 173 g/mol. The van der Waals surface area contributed by atoms with Gasteiger partial charge in [0.1, 0.15) is 0 Å². The quantitative estimate of drug-likeness (QED) is 0.635. The summed E-state index contributed by atoms with van der Waals surface area (Å²) < 4.78 is 0. The maximum Gasteiger partial charge on any atom is 0.0375 e. The van der Waals surface area contributed by atoms with Crippen molar-refractivity contribution in [1.29, 1.82) is 0 Å². The Morgan fingerprint density at radius 2 is 1.62 bits per heavy atom. The predicted molar refractivity (Wildman–Crippen MR) is 55.3 cm³/mol. The van der Waals surface area contributed by atoms with Crippen molar-refractivity contribution in [2.75, 3.05) is 11.9 Å². The molecule has 0 fully saturated rings. The minimum atomic E-state index is 1.16. The second-order valence-electron chi connectivity index (χ2n) is 4.16. The van der Waals surface area contributed by atoms with Gasteiger partial charge >= 0.3 is 0 Å². The second kappa shape index (κ2) is 2.76. The van der Waals surface area contributed by atoms with E-state index in [1.165, 1.54) is 37.8 Å². The molecule has 3 rings (SSSR count). The first kappa shape index (κ1) is 7.43. The van der Waals surface area contributed by atoms with Crippen LogP contribution >= 0.6 is 0 Å². The van der Waals surface area contributed by atoms with Crippen LogP contribution in [0.3, 0.4) is 0 Å². The van der Waals surface area contributed by atoms with Crippen molar-refractivity contribution in [3.8, 4) is 0 Å². The summed E-state index contributed by atoms with van der Waals surface area (Å²) in [7, 11) is 0. The van der Waals surface area contributed by atoms with E-state index in [9.17, 15) is 0 Å². The molecule has 2 aliphatic rings. The molecule has 0 spiro atoms. The van der Waals surface area contributed by atoms with Gasteiger partial charge in [-0.2, -0.15) is 0 Å². The molecule has 0 saturated heterocycles. The van der Waals surface area contributed by atoms with Gasteiger partial charge in [0.25, 0.3) is 0 Å². The fraction of sp³-hybridized carbons (Fsp3) is 0.500. The Morgan fingerprint density at radius 1 is 0.846 bits per heavy atom. The molecule has 0 bridgehead atoms. The highest BCUT2D eigenvalue weighted by atomic mass is 14.9. The zero-order chi connectivity index (χ0) is 8.67. The van der Waals surface area contributed by atoms with E-state index in [-0.39, 0.29) is 0 Å². The molecule has 1 nitrogen and oxygen atoms in total. The molecule has 0 unspecified atom stereocenters. The molecular formula is C12H15N. The van der Waals surface area contributed by atoms with E-state index in [2.05, 4.69) is 17.4 Å². The van der Waals surface area contributed by atoms with Crippen molar-refractivity contribution >= 4 is 5.69 Å². The van der Waals surface area contributed by atoms with E-state index in [0.29, 0.717) is 0 Å². The molecule has 1 aliphatic carbocycles.